The number of nitriles is 1. The molecule has 1 aromatic carbocycles. The summed E-state index contributed by atoms with van der Waals surface area (Å²) in [6.45, 7) is 3.64. The van der Waals surface area contributed by atoms with Gasteiger partial charge in [-0.05, 0) is 62.5 Å². The van der Waals surface area contributed by atoms with Crippen molar-refractivity contribution in [1.82, 2.24) is 19.4 Å². The van der Waals surface area contributed by atoms with Crippen LogP contribution in [0, 0.1) is 22.7 Å². The molecule has 12 heteroatoms. The lowest BCUT2D eigenvalue weighted by molar-refractivity contribution is -0.139. The first kappa shape index (κ1) is 27.1. The molecule has 0 aliphatic carbocycles. The Balaban J connectivity index is 1.42. The smallest absolute Gasteiger partial charge is 0.419 e. The van der Waals surface area contributed by atoms with Crippen molar-refractivity contribution in [2.24, 2.45) is 13.0 Å². The summed E-state index contributed by atoms with van der Waals surface area (Å²) in [5.74, 6) is 0.400. The van der Waals surface area contributed by atoms with Gasteiger partial charge in [-0.3, -0.25) is 10.3 Å². The Morgan fingerprint density at radius 2 is 2.00 bits per heavy atom. The molecular weight excluding hydrogens is 499 g/mol. The number of nitrogens with two attached hydrogens (primary N) is 1. The second-order valence-electron chi connectivity index (χ2n) is 9.39. The fraction of sp³-hybridized carbons (Fsp3) is 0.423. The van der Waals surface area contributed by atoms with E-state index in [2.05, 4.69) is 14.9 Å². The van der Waals surface area contributed by atoms with E-state index < -0.39 is 11.7 Å². The molecule has 0 amide bonds. The van der Waals surface area contributed by atoms with E-state index in [1.165, 1.54) is 18.5 Å². The van der Waals surface area contributed by atoms with Crippen molar-refractivity contribution < 1.29 is 28.1 Å². The molecule has 200 valence electrons. The van der Waals surface area contributed by atoms with Gasteiger partial charge in [0.1, 0.15) is 17.3 Å². The number of pyridine rings is 1. The van der Waals surface area contributed by atoms with E-state index in [1.54, 1.807) is 24.6 Å². The first-order valence-corrected chi connectivity index (χ1v) is 12.2. The molecule has 3 N–H and O–H groups in total. The van der Waals surface area contributed by atoms with Crippen molar-refractivity contribution in [3.05, 3.63) is 41.9 Å². The third kappa shape index (κ3) is 6.28. The van der Waals surface area contributed by atoms with Gasteiger partial charge in [-0.25, -0.2) is 15.4 Å². The van der Waals surface area contributed by atoms with E-state index >= 15 is 0 Å². The zero-order chi connectivity index (χ0) is 27.4. The van der Waals surface area contributed by atoms with E-state index in [0.717, 1.165) is 32.0 Å². The van der Waals surface area contributed by atoms with E-state index in [4.69, 9.17) is 20.3 Å². The fourth-order valence-corrected chi connectivity index (χ4v) is 4.59. The minimum Gasteiger partial charge on any atom is -0.493 e. The lowest BCUT2D eigenvalue weighted by Gasteiger charge is -2.31. The van der Waals surface area contributed by atoms with Crippen LogP contribution in [-0.4, -0.2) is 57.5 Å². The summed E-state index contributed by atoms with van der Waals surface area (Å²) in [6, 6.07) is 7.43. The molecule has 1 aliphatic rings. The number of ether oxygens (including phenoxy) is 2. The number of aromatic nitrogens is 3. The Morgan fingerprint density at radius 3 is 2.66 bits per heavy atom. The van der Waals surface area contributed by atoms with Gasteiger partial charge in [0.2, 0.25) is 5.90 Å². The lowest BCUT2D eigenvalue weighted by Crippen LogP contribution is -2.43. The maximum Gasteiger partial charge on any atom is 0.419 e. The number of fused-ring (bicyclic) bond motifs is 1. The van der Waals surface area contributed by atoms with E-state index in [1.807, 2.05) is 6.07 Å². The van der Waals surface area contributed by atoms with Crippen molar-refractivity contribution in [3.8, 4) is 23.1 Å². The van der Waals surface area contributed by atoms with E-state index in [-0.39, 0.29) is 41.1 Å². The maximum atomic E-state index is 14.0. The highest BCUT2D eigenvalue weighted by Gasteiger charge is 2.35. The normalized spacial score (nSPS) is 14.8. The van der Waals surface area contributed by atoms with Gasteiger partial charge in [-0.15, -0.1) is 0 Å². The predicted octanol–water partition coefficient (Wildman–Crippen LogP) is 3.18. The summed E-state index contributed by atoms with van der Waals surface area (Å²) in [5, 5.41) is 22.7. The predicted molar refractivity (Wildman–Crippen MR) is 134 cm³/mol. The standard InChI is InChI=1S/C26H28F3N7O2/c1-16(31)38-24(32)14-36-8-5-17(6-9-36)7-10-37-23-4-3-18(11-19(23)26(27,28)29)20-12-22-25(21(13-30)34-20)33-15-35(22)2/h3-4,11-12,15,17,31-32H,5-10,14H2,1-2H3/p+1. The Morgan fingerprint density at radius 1 is 1.26 bits per heavy atom. The quantitative estimate of drug-likeness (QED) is 0.358. The highest BCUT2D eigenvalue weighted by atomic mass is 19.4. The SMILES string of the molecule is CC(=[NH2+])OC(=N)CN1CCC(CCOc2ccc(-c3cc4c(ncn4C)c(C#N)n3)cc2C(F)(F)F)CC1. The van der Waals surface area contributed by atoms with Crippen LogP contribution in [0.25, 0.3) is 22.3 Å². The van der Waals surface area contributed by atoms with Crippen LogP contribution in [0.5, 0.6) is 5.75 Å². The van der Waals surface area contributed by atoms with Crippen LogP contribution >= 0.6 is 0 Å². The van der Waals surface area contributed by atoms with Gasteiger partial charge in [0.25, 0.3) is 0 Å². The summed E-state index contributed by atoms with van der Waals surface area (Å²) in [6.07, 6.45) is -0.759. The van der Waals surface area contributed by atoms with Gasteiger partial charge >= 0.3 is 12.1 Å². The fourth-order valence-electron chi connectivity index (χ4n) is 4.59. The van der Waals surface area contributed by atoms with Crippen molar-refractivity contribution in [1.29, 1.82) is 10.7 Å². The van der Waals surface area contributed by atoms with E-state index in [9.17, 15) is 18.4 Å². The molecule has 0 unspecified atom stereocenters. The molecule has 9 nitrogen and oxygen atoms in total. The maximum absolute atomic E-state index is 14.0. The molecule has 1 aliphatic heterocycles. The summed E-state index contributed by atoms with van der Waals surface area (Å²) >= 11 is 0. The number of alkyl halides is 3. The van der Waals surface area contributed by atoms with Gasteiger partial charge in [0.05, 0.1) is 43.2 Å². The van der Waals surface area contributed by atoms with Gasteiger partial charge in [-0.1, -0.05) is 0 Å². The second-order valence-corrected chi connectivity index (χ2v) is 9.39. The Kier molecular flexibility index (Phi) is 7.97. The Labute approximate surface area is 217 Å². The number of benzene rings is 1. The lowest BCUT2D eigenvalue weighted by atomic mass is 9.94. The minimum absolute atomic E-state index is 0.0511. The topological polar surface area (TPSA) is 126 Å². The van der Waals surface area contributed by atoms with Crippen LogP contribution in [0.15, 0.2) is 30.6 Å². The monoisotopic (exact) mass is 528 g/mol. The van der Waals surface area contributed by atoms with Gasteiger partial charge < -0.3 is 14.0 Å². The molecule has 1 fully saturated rings. The number of aryl methyl sites for hydroxylation is 1. The number of nitrogens with zero attached hydrogens (tertiary/aromatic N) is 5. The second kappa shape index (κ2) is 11.2. The highest BCUT2D eigenvalue weighted by molar-refractivity contribution is 5.87. The Bertz CT molecular complexity index is 1390. The number of nitrogens with one attached hydrogen (secondary N) is 1. The average Bonchev–Trinajstić information content (AvgIpc) is 3.24. The Hall–Kier alpha value is -3.98. The van der Waals surface area contributed by atoms with E-state index in [0.29, 0.717) is 29.9 Å². The van der Waals surface area contributed by atoms with Gasteiger partial charge in [0.15, 0.2) is 5.69 Å². The molecule has 3 heterocycles. The largest absolute Gasteiger partial charge is 0.493 e. The molecule has 4 rings (SSSR count). The van der Waals surface area contributed by atoms with Gasteiger partial charge in [0, 0.05) is 12.6 Å². The number of likely N-dealkylation sites (tertiary alicyclic amines) is 1. The van der Waals surface area contributed by atoms with Crippen molar-refractivity contribution >= 4 is 22.8 Å². The van der Waals surface area contributed by atoms with Crippen LogP contribution in [0.4, 0.5) is 13.2 Å². The first-order chi connectivity index (χ1) is 18.0. The third-order valence-corrected chi connectivity index (χ3v) is 6.54. The molecule has 0 saturated carbocycles. The number of piperidine rings is 1. The summed E-state index contributed by atoms with van der Waals surface area (Å²) in [4.78, 5) is 10.5. The molecule has 0 atom stereocenters. The number of imidazole rings is 1. The van der Waals surface area contributed by atoms with Gasteiger partial charge in [-0.2, -0.15) is 18.4 Å². The van der Waals surface area contributed by atoms with Crippen molar-refractivity contribution in [2.75, 3.05) is 26.2 Å². The minimum atomic E-state index is -4.63. The van der Waals surface area contributed by atoms with Crippen LogP contribution in [0.1, 0.15) is 37.4 Å². The molecule has 0 spiro atoms. The molecular formula is C26H29F3N7O2+. The van der Waals surface area contributed by atoms with Crippen molar-refractivity contribution in [2.45, 2.75) is 32.4 Å². The summed E-state index contributed by atoms with van der Waals surface area (Å²) < 4.78 is 54.3. The summed E-state index contributed by atoms with van der Waals surface area (Å²) in [5.41, 5.74) is 0.643. The van der Waals surface area contributed by atoms with Crippen LogP contribution in [-0.2, 0) is 18.0 Å². The molecule has 0 bridgehead atoms. The molecule has 1 saturated heterocycles. The zero-order valence-corrected chi connectivity index (χ0v) is 21.2. The number of rotatable bonds is 7. The van der Waals surface area contributed by atoms with Crippen LogP contribution in [0.3, 0.4) is 0 Å². The zero-order valence-electron chi connectivity index (χ0n) is 21.2. The first-order valence-electron chi connectivity index (χ1n) is 12.2. The highest BCUT2D eigenvalue weighted by Crippen LogP contribution is 2.39. The molecule has 38 heavy (non-hydrogen) atoms. The third-order valence-electron chi connectivity index (χ3n) is 6.54. The number of hydrogen-bond donors (Lipinski definition) is 2. The molecule has 2 aromatic heterocycles. The molecule has 0 radical (unpaired) electrons. The summed E-state index contributed by atoms with van der Waals surface area (Å²) in [7, 11) is 1.74. The number of halogens is 3. The van der Waals surface area contributed by atoms with Crippen LogP contribution < -0.4 is 10.1 Å². The van der Waals surface area contributed by atoms with Crippen molar-refractivity contribution in [3.63, 3.8) is 0 Å². The molecule has 3 aromatic rings. The average molecular weight is 529 g/mol. The van der Waals surface area contributed by atoms with Crippen LogP contribution in [0.2, 0.25) is 0 Å². The number of hydrogen-bond acceptors (Lipinski definition) is 7.